The standard InChI is InChI=1S/C23H25ClN2O4/c24-18-4-7-19(8-5-18)29-13-15-1-6-20(30-14-15)12-25-23(28)17-2-9-21-16(11-17)3-10-22(27)26-21/h2,4-5,7-9,11,15,20H,1,3,6,10,12-14H2,(H,25,28)(H,26,27). The van der Waals surface area contributed by atoms with Gasteiger partial charge < -0.3 is 20.1 Å². The van der Waals surface area contributed by atoms with E-state index in [1.807, 2.05) is 30.3 Å². The van der Waals surface area contributed by atoms with Crippen LogP contribution in [0.2, 0.25) is 5.02 Å². The molecule has 0 aromatic heterocycles. The Morgan fingerprint density at radius 2 is 2.00 bits per heavy atom. The molecule has 2 atom stereocenters. The van der Waals surface area contributed by atoms with Crippen LogP contribution in [0.15, 0.2) is 42.5 Å². The summed E-state index contributed by atoms with van der Waals surface area (Å²) in [5.41, 5.74) is 2.40. The van der Waals surface area contributed by atoms with Gasteiger partial charge in [0.2, 0.25) is 5.91 Å². The van der Waals surface area contributed by atoms with Gasteiger partial charge in [-0.2, -0.15) is 0 Å². The first-order chi connectivity index (χ1) is 14.6. The first-order valence-electron chi connectivity index (χ1n) is 10.3. The van der Waals surface area contributed by atoms with Crippen molar-refractivity contribution in [3.05, 3.63) is 58.6 Å². The van der Waals surface area contributed by atoms with E-state index in [9.17, 15) is 9.59 Å². The molecule has 1 fully saturated rings. The maximum atomic E-state index is 12.5. The minimum atomic E-state index is -0.119. The van der Waals surface area contributed by atoms with Crippen LogP contribution in [-0.2, 0) is 16.0 Å². The number of amides is 2. The third-order valence-corrected chi connectivity index (χ3v) is 5.77. The first kappa shape index (κ1) is 20.7. The Kier molecular flexibility index (Phi) is 6.55. The van der Waals surface area contributed by atoms with Crippen molar-refractivity contribution in [2.75, 3.05) is 25.1 Å². The van der Waals surface area contributed by atoms with E-state index < -0.39 is 0 Å². The molecule has 1 saturated heterocycles. The molecule has 30 heavy (non-hydrogen) atoms. The van der Waals surface area contributed by atoms with Crippen molar-refractivity contribution in [2.24, 2.45) is 5.92 Å². The lowest BCUT2D eigenvalue weighted by Gasteiger charge is -2.29. The van der Waals surface area contributed by atoms with Crippen molar-refractivity contribution in [3.63, 3.8) is 0 Å². The molecule has 2 aromatic carbocycles. The second kappa shape index (κ2) is 9.49. The quantitative estimate of drug-likeness (QED) is 0.733. The van der Waals surface area contributed by atoms with Crippen LogP contribution in [-0.4, -0.2) is 37.7 Å². The molecule has 2 amide bonds. The average molecular weight is 429 g/mol. The van der Waals surface area contributed by atoms with Crippen LogP contribution in [0.1, 0.15) is 35.2 Å². The lowest BCUT2D eigenvalue weighted by Crippen LogP contribution is -2.38. The van der Waals surface area contributed by atoms with E-state index in [1.54, 1.807) is 12.1 Å². The highest BCUT2D eigenvalue weighted by Crippen LogP contribution is 2.24. The van der Waals surface area contributed by atoms with Gasteiger partial charge in [0.15, 0.2) is 0 Å². The molecule has 158 valence electrons. The smallest absolute Gasteiger partial charge is 0.251 e. The number of halogens is 1. The SMILES string of the molecule is O=C1CCc2cc(C(=O)NCC3CCC(COc4ccc(Cl)cc4)CO3)ccc2N1. The Labute approximate surface area is 180 Å². The zero-order chi connectivity index (χ0) is 20.9. The summed E-state index contributed by atoms with van der Waals surface area (Å²) < 4.78 is 11.7. The average Bonchev–Trinajstić information content (AvgIpc) is 2.77. The van der Waals surface area contributed by atoms with Crippen molar-refractivity contribution < 1.29 is 19.1 Å². The number of hydrogen-bond donors (Lipinski definition) is 2. The molecule has 2 aromatic rings. The van der Waals surface area contributed by atoms with E-state index >= 15 is 0 Å². The van der Waals surface area contributed by atoms with Crippen LogP contribution in [0, 0.1) is 5.92 Å². The van der Waals surface area contributed by atoms with E-state index in [2.05, 4.69) is 10.6 Å². The molecule has 2 unspecified atom stereocenters. The van der Waals surface area contributed by atoms with Crippen molar-refractivity contribution in [1.82, 2.24) is 5.32 Å². The summed E-state index contributed by atoms with van der Waals surface area (Å²) in [5.74, 6) is 1.04. The Morgan fingerprint density at radius 3 is 2.77 bits per heavy atom. The predicted octanol–water partition coefficient (Wildman–Crippen LogP) is 3.83. The number of rotatable bonds is 6. The molecule has 2 N–H and O–H groups in total. The molecule has 4 rings (SSSR count). The van der Waals surface area contributed by atoms with Crippen molar-refractivity contribution in [3.8, 4) is 5.75 Å². The van der Waals surface area contributed by atoms with Gasteiger partial charge in [-0.1, -0.05) is 11.6 Å². The van der Waals surface area contributed by atoms with Crippen molar-refractivity contribution in [2.45, 2.75) is 31.8 Å². The third-order valence-electron chi connectivity index (χ3n) is 5.52. The lowest BCUT2D eigenvalue weighted by atomic mass is 9.98. The summed E-state index contributed by atoms with van der Waals surface area (Å²) in [7, 11) is 0. The summed E-state index contributed by atoms with van der Waals surface area (Å²) >= 11 is 5.88. The van der Waals surface area contributed by atoms with Gasteiger partial charge in [0.1, 0.15) is 5.75 Å². The number of aryl methyl sites for hydroxylation is 1. The fourth-order valence-corrected chi connectivity index (χ4v) is 3.86. The summed E-state index contributed by atoms with van der Waals surface area (Å²) in [5, 5.41) is 6.49. The number of ether oxygens (including phenoxy) is 2. The number of fused-ring (bicyclic) bond motifs is 1. The summed E-state index contributed by atoms with van der Waals surface area (Å²) in [4.78, 5) is 24.0. The number of nitrogens with one attached hydrogen (secondary N) is 2. The Balaban J connectivity index is 1.19. The molecule has 2 aliphatic heterocycles. The molecule has 2 aliphatic rings. The van der Waals surface area contributed by atoms with Gasteiger partial charge in [-0.05, 0) is 67.3 Å². The molecule has 0 radical (unpaired) electrons. The highest BCUT2D eigenvalue weighted by atomic mass is 35.5. The molecule has 7 heteroatoms. The van der Waals surface area contributed by atoms with Gasteiger partial charge in [-0.3, -0.25) is 9.59 Å². The van der Waals surface area contributed by atoms with E-state index in [4.69, 9.17) is 21.1 Å². The first-order valence-corrected chi connectivity index (χ1v) is 10.7. The second-order valence-corrected chi connectivity index (χ2v) is 8.23. The topological polar surface area (TPSA) is 76.7 Å². The van der Waals surface area contributed by atoms with Crippen LogP contribution in [0.25, 0.3) is 0 Å². The highest BCUT2D eigenvalue weighted by Gasteiger charge is 2.23. The molecule has 0 spiro atoms. The van der Waals surface area contributed by atoms with Crippen molar-refractivity contribution in [1.29, 1.82) is 0 Å². The zero-order valence-electron chi connectivity index (χ0n) is 16.7. The second-order valence-electron chi connectivity index (χ2n) is 7.79. The van der Waals surface area contributed by atoms with E-state index in [1.165, 1.54) is 0 Å². The zero-order valence-corrected chi connectivity index (χ0v) is 17.4. The largest absolute Gasteiger partial charge is 0.493 e. The summed E-state index contributed by atoms with van der Waals surface area (Å²) in [6.45, 7) is 1.70. The fraction of sp³-hybridized carbons (Fsp3) is 0.391. The monoisotopic (exact) mass is 428 g/mol. The van der Waals surface area contributed by atoms with Gasteiger partial charge >= 0.3 is 0 Å². The highest BCUT2D eigenvalue weighted by molar-refractivity contribution is 6.30. The van der Waals surface area contributed by atoms with Crippen LogP contribution < -0.4 is 15.4 Å². The Hall–Kier alpha value is -2.57. The predicted molar refractivity (Wildman–Crippen MR) is 115 cm³/mol. The number of benzene rings is 2. The van der Waals surface area contributed by atoms with Gasteiger partial charge in [-0.25, -0.2) is 0 Å². The minimum absolute atomic E-state index is 0.0117. The van der Waals surface area contributed by atoms with E-state index in [0.717, 1.165) is 29.8 Å². The Morgan fingerprint density at radius 1 is 1.17 bits per heavy atom. The fourth-order valence-electron chi connectivity index (χ4n) is 3.73. The van der Waals surface area contributed by atoms with Gasteiger partial charge in [0.05, 0.1) is 19.3 Å². The minimum Gasteiger partial charge on any atom is -0.493 e. The molecule has 0 aliphatic carbocycles. The van der Waals surface area contributed by atoms with E-state index in [-0.39, 0.29) is 17.9 Å². The van der Waals surface area contributed by atoms with Gasteiger partial charge in [0.25, 0.3) is 5.91 Å². The number of carbonyl (C=O) groups excluding carboxylic acids is 2. The molecule has 2 heterocycles. The molecule has 6 nitrogen and oxygen atoms in total. The van der Waals surface area contributed by atoms with Crippen molar-refractivity contribution >= 4 is 29.1 Å². The van der Waals surface area contributed by atoms with E-state index in [0.29, 0.717) is 49.1 Å². The maximum absolute atomic E-state index is 12.5. The number of hydrogen-bond acceptors (Lipinski definition) is 4. The van der Waals surface area contributed by atoms with Crippen LogP contribution >= 0.6 is 11.6 Å². The Bertz CT molecular complexity index is 908. The molecule has 0 bridgehead atoms. The number of anilines is 1. The summed E-state index contributed by atoms with van der Waals surface area (Å²) in [6.07, 6.45) is 3.00. The summed E-state index contributed by atoms with van der Waals surface area (Å²) in [6, 6.07) is 12.7. The molecular formula is C23H25ClN2O4. The normalized spacial score (nSPS) is 20.8. The number of carbonyl (C=O) groups is 2. The van der Waals surface area contributed by atoms with Crippen LogP contribution in [0.4, 0.5) is 5.69 Å². The maximum Gasteiger partial charge on any atom is 0.251 e. The van der Waals surface area contributed by atoms with Crippen LogP contribution in [0.5, 0.6) is 5.75 Å². The lowest BCUT2D eigenvalue weighted by molar-refractivity contribution is -0.116. The third kappa shape index (κ3) is 5.32. The van der Waals surface area contributed by atoms with Crippen LogP contribution in [0.3, 0.4) is 0 Å². The molecule has 0 saturated carbocycles. The van der Waals surface area contributed by atoms with Gasteiger partial charge in [-0.15, -0.1) is 0 Å². The molecular weight excluding hydrogens is 404 g/mol. The van der Waals surface area contributed by atoms with Gasteiger partial charge in [0, 0.05) is 35.2 Å².